The van der Waals surface area contributed by atoms with Crippen LogP contribution in [0.2, 0.25) is 0 Å². The van der Waals surface area contributed by atoms with Gasteiger partial charge in [-0.2, -0.15) is 0 Å². The normalized spacial score (nSPS) is 24.6. The number of benzene rings is 1. The second-order valence-electron chi connectivity index (χ2n) is 9.93. The number of nitrogens with one attached hydrogen (secondary N) is 1. The first-order chi connectivity index (χ1) is 16.0. The number of anilines is 1. The topological polar surface area (TPSA) is 71.1 Å². The average Bonchev–Trinajstić information content (AvgIpc) is 3.33. The molecule has 1 saturated carbocycles. The fourth-order valence-electron chi connectivity index (χ4n) is 6.34. The summed E-state index contributed by atoms with van der Waals surface area (Å²) in [6.07, 6.45) is 9.39. The predicted molar refractivity (Wildman–Crippen MR) is 129 cm³/mol. The lowest BCUT2D eigenvalue weighted by atomic mass is 9.81. The fourth-order valence-corrected chi connectivity index (χ4v) is 6.34. The molecule has 1 aliphatic carbocycles. The first kappa shape index (κ1) is 23.9. The van der Waals surface area contributed by atoms with E-state index in [1.807, 2.05) is 4.90 Å². The third-order valence-corrected chi connectivity index (χ3v) is 8.01. The fraction of sp³-hybridized carbons (Fsp3) is 0.692. The van der Waals surface area contributed by atoms with Crippen LogP contribution in [0.5, 0.6) is 11.5 Å². The van der Waals surface area contributed by atoms with Crippen molar-refractivity contribution >= 4 is 17.5 Å². The van der Waals surface area contributed by atoms with Gasteiger partial charge in [-0.05, 0) is 57.5 Å². The van der Waals surface area contributed by atoms with E-state index in [0.717, 1.165) is 19.3 Å². The van der Waals surface area contributed by atoms with Gasteiger partial charge in [-0.1, -0.05) is 19.3 Å². The van der Waals surface area contributed by atoms with E-state index >= 15 is 0 Å². The molecule has 1 aromatic carbocycles. The van der Waals surface area contributed by atoms with Crippen molar-refractivity contribution in [2.75, 3.05) is 39.2 Å². The zero-order valence-corrected chi connectivity index (χ0v) is 20.4. The molecule has 4 rings (SSSR count). The molecule has 7 nitrogen and oxygen atoms in total. The van der Waals surface area contributed by atoms with Gasteiger partial charge >= 0.3 is 0 Å². The summed E-state index contributed by atoms with van der Waals surface area (Å²) in [5.41, 5.74) is -0.166. The van der Waals surface area contributed by atoms with Crippen molar-refractivity contribution in [1.82, 2.24) is 9.80 Å². The molecule has 2 heterocycles. The number of rotatable bonds is 7. The van der Waals surface area contributed by atoms with Crippen molar-refractivity contribution in [3.8, 4) is 11.5 Å². The molecule has 7 heteroatoms. The van der Waals surface area contributed by atoms with E-state index < -0.39 is 5.54 Å². The Morgan fingerprint density at radius 3 is 2.30 bits per heavy atom. The van der Waals surface area contributed by atoms with E-state index in [1.54, 1.807) is 39.3 Å². The Hall–Kier alpha value is -2.28. The smallest absolute Gasteiger partial charge is 0.250 e. The predicted octanol–water partition coefficient (Wildman–Crippen LogP) is 4.07. The molecule has 2 saturated heterocycles. The zero-order chi connectivity index (χ0) is 23.4. The van der Waals surface area contributed by atoms with E-state index in [1.165, 1.54) is 38.8 Å². The SMILES string of the molecule is COc1cc(NC(=O)C2(N(CC3CCCN4CCCCC34)C(C)=O)CCCC2)cc(OC)c1. The molecule has 0 radical (unpaired) electrons. The molecular weight excluding hydrogens is 418 g/mol. The molecule has 2 aliphatic heterocycles. The number of amides is 2. The number of fused-ring (bicyclic) bond motifs is 1. The van der Waals surface area contributed by atoms with Gasteiger partial charge in [0.2, 0.25) is 11.8 Å². The van der Waals surface area contributed by atoms with Crippen LogP contribution in [0, 0.1) is 5.92 Å². The third-order valence-electron chi connectivity index (χ3n) is 8.01. The maximum Gasteiger partial charge on any atom is 0.250 e. The summed E-state index contributed by atoms with van der Waals surface area (Å²) in [6, 6.07) is 5.91. The summed E-state index contributed by atoms with van der Waals surface area (Å²) in [7, 11) is 3.18. The molecule has 3 aliphatic rings. The van der Waals surface area contributed by atoms with Gasteiger partial charge in [-0.3, -0.25) is 9.59 Å². The minimum absolute atomic E-state index is 0.00297. The Kier molecular flexibility index (Phi) is 7.47. The van der Waals surface area contributed by atoms with Crippen LogP contribution in [0.3, 0.4) is 0 Å². The van der Waals surface area contributed by atoms with Gasteiger partial charge in [0.15, 0.2) is 0 Å². The largest absolute Gasteiger partial charge is 0.497 e. The van der Waals surface area contributed by atoms with Gasteiger partial charge in [0.05, 0.1) is 14.2 Å². The number of carbonyl (C=O) groups is 2. The van der Waals surface area contributed by atoms with Crippen LogP contribution >= 0.6 is 0 Å². The molecule has 1 aromatic rings. The number of carbonyl (C=O) groups excluding carboxylic acids is 2. The van der Waals surface area contributed by atoms with E-state index in [2.05, 4.69) is 10.2 Å². The van der Waals surface area contributed by atoms with Crippen molar-refractivity contribution < 1.29 is 19.1 Å². The molecule has 1 N–H and O–H groups in total. The van der Waals surface area contributed by atoms with Crippen LogP contribution < -0.4 is 14.8 Å². The van der Waals surface area contributed by atoms with E-state index in [9.17, 15) is 9.59 Å². The van der Waals surface area contributed by atoms with Crippen LogP contribution in [0.4, 0.5) is 5.69 Å². The zero-order valence-electron chi connectivity index (χ0n) is 20.4. The second-order valence-corrected chi connectivity index (χ2v) is 9.93. The molecule has 33 heavy (non-hydrogen) atoms. The number of hydrogen-bond acceptors (Lipinski definition) is 5. The van der Waals surface area contributed by atoms with Crippen LogP contribution in [0.25, 0.3) is 0 Å². The Balaban J connectivity index is 1.58. The second kappa shape index (κ2) is 10.3. The molecule has 182 valence electrons. The van der Waals surface area contributed by atoms with Gasteiger partial charge < -0.3 is 24.6 Å². The summed E-state index contributed by atoms with van der Waals surface area (Å²) in [5, 5.41) is 3.10. The van der Waals surface area contributed by atoms with Gasteiger partial charge in [-0.15, -0.1) is 0 Å². The van der Waals surface area contributed by atoms with Crippen molar-refractivity contribution in [2.24, 2.45) is 5.92 Å². The first-order valence-electron chi connectivity index (χ1n) is 12.5. The van der Waals surface area contributed by atoms with Crippen LogP contribution in [-0.4, -0.2) is 67.0 Å². The minimum atomic E-state index is -0.793. The molecular formula is C26H39N3O4. The van der Waals surface area contributed by atoms with Crippen LogP contribution in [-0.2, 0) is 9.59 Å². The van der Waals surface area contributed by atoms with Crippen molar-refractivity contribution in [3.63, 3.8) is 0 Å². The Morgan fingerprint density at radius 1 is 1.00 bits per heavy atom. The van der Waals surface area contributed by atoms with Crippen LogP contribution in [0.1, 0.15) is 64.7 Å². The number of hydrogen-bond donors (Lipinski definition) is 1. The lowest BCUT2D eigenvalue weighted by molar-refractivity contribution is -0.145. The molecule has 0 aromatic heterocycles. The molecule has 2 atom stereocenters. The number of piperidine rings is 2. The highest BCUT2D eigenvalue weighted by molar-refractivity contribution is 6.00. The highest BCUT2D eigenvalue weighted by Gasteiger charge is 2.49. The lowest BCUT2D eigenvalue weighted by Crippen LogP contribution is -2.60. The highest BCUT2D eigenvalue weighted by atomic mass is 16.5. The number of ether oxygens (including phenoxy) is 2. The third kappa shape index (κ3) is 4.98. The van der Waals surface area contributed by atoms with Crippen molar-refractivity contribution in [2.45, 2.75) is 76.3 Å². The van der Waals surface area contributed by atoms with E-state index in [4.69, 9.17) is 9.47 Å². The standard InChI is InChI=1S/C26H39N3O4/c1-19(30)29(18-20-9-8-14-28-13-7-4-10-24(20)28)26(11-5-6-12-26)25(31)27-21-15-22(32-2)17-23(16-21)33-3/h15-17,20,24H,4-14,18H2,1-3H3,(H,27,31). The Morgan fingerprint density at radius 2 is 1.67 bits per heavy atom. The maximum absolute atomic E-state index is 13.8. The van der Waals surface area contributed by atoms with E-state index in [-0.39, 0.29) is 11.8 Å². The molecule has 2 unspecified atom stereocenters. The van der Waals surface area contributed by atoms with Gasteiger partial charge in [0.25, 0.3) is 0 Å². The summed E-state index contributed by atoms with van der Waals surface area (Å²) in [6.45, 7) is 4.64. The lowest BCUT2D eigenvalue weighted by Gasteiger charge is -2.48. The molecule has 3 fully saturated rings. The first-order valence-corrected chi connectivity index (χ1v) is 12.5. The highest BCUT2D eigenvalue weighted by Crippen LogP contribution is 2.40. The summed E-state index contributed by atoms with van der Waals surface area (Å²) < 4.78 is 10.7. The van der Waals surface area contributed by atoms with Gasteiger partial charge in [0.1, 0.15) is 17.0 Å². The molecule has 2 amide bonds. The summed E-state index contributed by atoms with van der Waals surface area (Å²) >= 11 is 0. The minimum Gasteiger partial charge on any atom is -0.497 e. The van der Waals surface area contributed by atoms with Crippen molar-refractivity contribution in [1.29, 1.82) is 0 Å². The monoisotopic (exact) mass is 457 g/mol. The van der Waals surface area contributed by atoms with Crippen LogP contribution in [0.15, 0.2) is 18.2 Å². The summed E-state index contributed by atoms with van der Waals surface area (Å²) in [4.78, 5) is 31.4. The maximum atomic E-state index is 13.8. The molecule has 0 spiro atoms. The average molecular weight is 458 g/mol. The molecule has 0 bridgehead atoms. The van der Waals surface area contributed by atoms with Gasteiger partial charge in [0, 0.05) is 43.4 Å². The van der Waals surface area contributed by atoms with E-state index in [0.29, 0.717) is 48.5 Å². The van der Waals surface area contributed by atoms with Crippen molar-refractivity contribution in [3.05, 3.63) is 18.2 Å². The summed E-state index contributed by atoms with van der Waals surface area (Å²) in [5.74, 6) is 1.58. The van der Waals surface area contributed by atoms with Gasteiger partial charge in [-0.25, -0.2) is 0 Å². The Labute approximate surface area is 197 Å². The quantitative estimate of drug-likeness (QED) is 0.668. The number of methoxy groups -OCH3 is 2. The Bertz CT molecular complexity index is 828. The number of nitrogens with zero attached hydrogens (tertiary/aromatic N) is 2.